The van der Waals surface area contributed by atoms with E-state index in [9.17, 15) is 9.18 Å². The van der Waals surface area contributed by atoms with Gasteiger partial charge in [0.1, 0.15) is 17.3 Å². The number of hydrogen-bond donors (Lipinski definition) is 1. The number of ketones is 1. The lowest BCUT2D eigenvalue weighted by Gasteiger charge is -2.35. The van der Waals surface area contributed by atoms with Crippen molar-refractivity contribution in [1.29, 1.82) is 0 Å². The van der Waals surface area contributed by atoms with Gasteiger partial charge >= 0.3 is 0 Å². The van der Waals surface area contributed by atoms with Gasteiger partial charge in [-0.2, -0.15) is 0 Å². The highest BCUT2D eigenvalue weighted by Crippen LogP contribution is 2.50. The van der Waals surface area contributed by atoms with Gasteiger partial charge in [-0.3, -0.25) is 4.79 Å². The summed E-state index contributed by atoms with van der Waals surface area (Å²) in [5, 5.41) is 3.42. The molecule has 1 aliphatic carbocycles. The lowest BCUT2D eigenvalue weighted by atomic mass is 9.75. The number of rotatable bonds is 3. The third-order valence-corrected chi connectivity index (χ3v) is 5.77. The van der Waals surface area contributed by atoms with Crippen LogP contribution >= 0.6 is 15.9 Å². The number of ether oxygens (including phenoxy) is 2. The van der Waals surface area contributed by atoms with E-state index in [1.54, 1.807) is 26.4 Å². The number of nitrogens with one attached hydrogen (secondary N) is 1. The molecule has 4 nitrogen and oxygen atoms in total. The predicted molar refractivity (Wildman–Crippen MR) is 105 cm³/mol. The zero-order chi connectivity index (χ0) is 19.1. The lowest BCUT2D eigenvalue weighted by molar-refractivity contribution is -0.116. The van der Waals surface area contributed by atoms with Crippen molar-refractivity contribution < 1.29 is 18.7 Å². The second kappa shape index (κ2) is 7.00. The molecule has 0 amide bonds. The van der Waals surface area contributed by atoms with Crippen molar-refractivity contribution in [3.8, 4) is 11.5 Å². The zero-order valence-electron chi connectivity index (χ0n) is 15.1. The van der Waals surface area contributed by atoms with E-state index in [0.717, 1.165) is 40.9 Å². The zero-order valence-corrected chi connectivity index (χ0v) is 16.7. The SMILES string of the molecule is COc1cc2c(c(OC)c1)[C@H](c1ccc(F)c(Br)c1)C1=C(CCCC1=O)N2. The summed E-state index contributed by atoms with van der Waals surface area (Å²) in [6, 6.07) is 8.61. The van der Waals surface area contributed by atoms with Crippen molar-refractivity contribution in [3.05, 3.63) is 63.0 Å². The van der Waals surface area contributed by atoms with Crippen LogP contribution in [-0.2, 0) is 4.79 Å². The highest BCUT2D eigenvalue weighted by atomic mass is 79.9. The first kappa shape index (κ1) is 18.0. The molecule has 140 valence electrons. The summed E-state index contributed by atoms with van der Waals surface area (Å²) in [5.41, 5.74) is 4.24. The molecular formula is C21H19BrFNO3. The number of fused-ring (bicyclic) bond motifs is 1. The monoisotopic (exact) mass is 431 g/mol. The van der Waals surface area contributed by atoms with Crippen LogP contribution in [0.3, 0.4) is 0 Å². The molecule has 0 radical (unpaired) electrons. The first-order valence-corrected chi connectivity index (χ1v) is 9.57. The number of benzene rings is 2. The summed E-state index contributed by atoms with van der Waals surface area (Å²) in [5.74, 6) is 0.772. The van der Waals surface area contributed by atoms with Gasteiger partial charge in [0.05, 0.1) is 18.7 Å². The van der Waals surface area contributed by atoms with E-state index in [1.165, 1.54) is 6.07 Å². The number of anilines is 1. The van der Waals surface area contributed by atoms with Crippen LogP contribution in [0.2, 0.25) is 0 Å². The Labute approximate surface area is 165 Å². The van der Waals surface area contributed by atoms with Gasteiger partial charge in [-0.05, 0) is 46.5 Å². The standard InChI is InChI=1S/C21H19BrFNO3/c1-26-12-9-16-21(18(10-12)27-2)19(11-6-7-14(23)13(22)8-11)20-15(24-16)4-3-5-17(20)25/h6-10,19,24H,3-5H2,1-2H3/t19-/m1/s1. The minimum atomic E-state index is -0.334. The fourth-order valence-electron chi connectivity index (χ4n) is 3.95. The van der Waals surface area contributed by atoms with Crippen LogP contribution in [0, 0.1) is 5.82 Å². The highest BCUT2D eigenvalue weighted by molar-refractivity contribution is 9.10. The number of carbonyl (C=O) groups is 1. The molecule has 0 bridgehead atoms. The van der Waals surface area contributed by atoms with E-state index in [1.807, 2.05) is 12.1 Å². The van der Waals surface area contributed by atoms with Gasteiger partial charge < -0.3 is 14.8 Å². The molecule has 1 heterocycles. The Morgan fingerprint density at radius 2 is 1.96 bits per heavy atom. The Morgan fingerprint density at radius 1 is 1.15 bits per heavy atom. The van der Waals surface area contributed by atoms with Crippen molar-refractivity contribution >= 4 is 27.4 Å². The van der Waals surface area contributed by atoms with Crippen molar-refractivity contribution in [2.45, 2.75) is 25.2 Å². The molecule has 27 heavy (non-hydrogen) atoms. The van der Waals surface area contributed by atoms with E-state index in [-0.39, 0.29) is 17.5 Å². The van der Waals surface area contributed by atoms with Crippen LogP contribution in [0.4, 0.5) is 10.1 Å². The summed E-state index contributed by atoms with van der Waals surface area (Å²) in [7, 11) is 3.20. The van der Waals surface area contributed by atoms with Gasteiger partial charge in [-0.1, -0.05) is 6.07 Å². The lowest BCUT2D eigenvalue weighted by Crippen LogP contribution is -2.27. The molecule has 0 spiro atoms. The Hall–Kier alpha value is -2.34. The molecule has 1 N–H and O–H groups in total. The summed E-state index contributed by atoms with van der Waals surface area (Å²) >= 11 is 3.27. The van der Waals surface area contributed by atoms with Crippen LogP contribution in [0.25, 0.3) is 0 Å². The average Bonchev–Trinajstić information content (AvgIpc) is 2.67. The topological polar surface area (TPSA) is 47.6 Å². The first-order chi connectivity index (χ1) is 13.0. The molecule has 1 aliphatic heterocycles. The van der Waals surface area contributed by atoms with Gasteiger partial charge in [0.25, 0.3) is 0 Å². The number of hydrogen-bond acceptors (Lipinski definition) is 4. The van der Waals surface area contributed by atoms with Gasteiger partial charge in [0.2, 0.25) is 0 Å². The van der Waals surface area contributed by atoms with E-state index in [0.29, 0.717) is 22.4 Å². The van der Waals surface area contributed by atoms with Crippen molar-refractivity contribution in [2.75, 3.05) is 19.5 Å². The van der Waals surface area contributed by atoms with Gasteiger partial charge in [-0.15, -0.1) is 0 Å². The largest absolute Gasteiger partial charge is 0.497 e. The Bertz CT molecular complexity index is 970. The smallest absolute Gasteiger partial charge is 0.161 e. The van der Waals surface area contributed by atoms with Crippen molar-refractivity contribution in [2.24, 2.45) is 0 Å². The van der Waals surface area contributed by atoms with Crippen molar-refractivity contribution in [3.63, 3.8) is 0 Å². The summed E-state index contributed by atoms with van der Waals surface area (Å²) in [6.07, 6.45) is 2.15. The number of allylic oxidation sites excluding steroid dienone is 2. The number of carbonyl (C=O) groups excluding carboxylic acids is 1. The average molecular weight is 432 g/mol. The molecule has 0 aromatic heterocycles. The Morgan fingerprint density at radius 3 is 2.67 bits per heavy atom. The molecule has 4 rings (SSSR count). The summed E-state index contributed by atoms with van der Waals surface area (Å²) < 4.78 is 25.2. The van der Waals surface area contributed by atoms with Gasteiger partial charge in [0, 0.05) is 47.0 Å². The fourth-order valence-corrected chi connectivity index (χ4v) is 4.35. The van der Waals surface area contributed by atoms with E-state index < -0.39 is 0 Å². The molecule has 2 aromatic rings. The third-order valence-electron chi connectivity index (χ3n) is 5.17. The summed E-state index contributed by atoms with van der Waals surface area (Å²) in [4.78, 5) is 12.8. The maximum Gasteiger partial charge on any atom is 0.161 e. The maximum absolute atomic E-state index is 13.8. The van der Waals surface area contributed by atoms with Crippen LogP contribution in [0.15, 0.2) is 46.1 Å². The van der Waals surface area contributed by atoms with Crippen LogP contribution in [0.5, 0.6) is 11.5 Å². The first-order valence-electron chi connectivity index (χ1n) is 8.77. The molecule has 0 unspecified atom stereocenters. The molecular weight excluding hydrogens is 413 g/mol. The molecule has 0 fully saturated rings. The van der Waals surface area contributed by atoms with E-state index in [2.05, 4.69) is 21.2 Å². The summed E-state index contributed by atoms with van der Waals surface area (Å²) in [6.45, 7) is 0. The number of halogens is 2. The van der Waals surface area contributed by atoms with Crippen LogP contribution in [0.1, 0.15) is 36.3 Å². The predicted octanol–water partition coefficient (Wildman–Crippen LogP) is 5.17. The van der Waals surface area contributed by atoms with E-state index in [4.69, 9.17) is 9.47 Å². The minimum absolute atomic E-state index is 0.123. The quantitative estimate of drug-likeness (QED) is 0.727. The molecule has 1 atom stereocenters. The van der Waals surface area contributed by atoms with Crippen LogP contribution < -0.4 is 14.8 Å². The maximum atomic E-state index is 13.8. The third kappa shape index (κ3) is 3.02. The number of methoxy groups -OCH3 is 2. The molecule has 0 saturated carbocycles. The molecule has 2 aliphatic rings. The second-order valence-corrected chi connectivity index (χ2v) is 7.55. The Kier molecular flexibility index (Phi) is 4.68. The fraction of sp³-hybridized carbons (Fsp3) is 0.286. The molecule has 2 aromatic carbocycles. The number of Topliss-reactive ketones (excluding diaryl/α,β-unsaturated/α-hetero) is 1. The molecule has 0 saturated heterocycles. The van der Waals surface area contributed by atoms with Gasteiger partial charge in [-0.25, -0.2) is 4.39 Å². The Balaban J connectivity index is 1.99. The van der Waals surface area contributed by atoms with Crippen molar-refractivity contribution in [1.82, 2.24) is 0 Å². The minimum Gasteiger partial charge on any atom is -0.497 e. The normalized spacial score (nSPS) is 18.5. The van der Waals surface area contributed by atoms with Crippen LogP contribution in [-0.4, -0.2) is 20.0 Å². The second-order valence-electron chi connectivity index (χ2n) is 6.69. The molecule has 6 heteroatoms. The van der Waals surface area contributed by atoms with E-state index >= 15 is 0 Å². The highest BCUT2D eigenvalue weighted by Gasteiger charge is 2.37. The van der Waals surface area contributed by atoms with Gasteiger partial charge in [0.15, 0.2) is 5.78 Å².